The van der Waals surface area contributed by atoms with E-state index in [1.165, 1.54) is 12.8 Å². The van der Waals surface area contributed by atoms with Crippen molar-refractivity contribution in [2.24, 2.45) is 21.7 Å². The van der Waals surface area contributed by atoms with Crippen LogP contribution in [0, 0.1) is 21.7 Å². The highest BCUT2D eigenvalue weighted by atomic mass is 14.7. The van der Waals surface area contributed by atoms with Crippen LogP contribution in [-0.2, 0) is 0 Å². The Kier molecular flexibility index (Phi) is 2.39. The van der Waals surface area contributed by atoms with Crippen LogP contribution in [0.2, 0.25) is 0 Å². The van der Waals surface area contributed by atoms with Crippen LogP contribution in [0.5, 0.6) is 0 Å². The quantitative estimate of drug-likeness (QED) is 0.560. The lowest BCUT2D eigenvalue weighted by Gasteiger charge is -2.48. The standard InChI is InChI=1S/C14H28/c1-9-14(8)10-11(2,3)12(4,5)13(14,6)7/h9-10H2,1-8H3. The summed E-state index contributed by atoms with van der Waals surface area (Å²) >= 11 is 0. The Bertz CT molecular complexity index is 232. The monoisotopic (exact) mass is 196 g/mol. The molecule has 0 heterocycles. The van der Waals surface area contributed by atoms with Crippen molar-refractivity contribution in [1.82, 2.24) is 0 Å². The fourth-order valence-electron chi connectivity index (χ4n) is 3.58. The van der Waals surface area contributed by atoms with Crippen molar-refractivity contribution in [2.45, 2.75) is 68.2 Å². The molecule has 0 spiro atoms. The van der Waals surface area contributed by atoms with Crippen molar-refractivity contribution in [3.8, 4) is 0 Å². The fourth-order valence-corrected chi connectivity index (χ4v) is 3.58. The second-order valence-electron chi connectivity index (χ2n) is 7.22. The van der Waals surface area contributed by atoms with Gasteiger partial charge in [-0.15, -0.1) is 0 Å². The third-order valence-electron chi connectivity index (χ3n) is 6.38. The Morgan fingerprint density at radius 3 is 1.36 bits per heavy atom. The van der Waals surface area contributed by atoms with Crippen LogP contribution in [0.1, 0.15) is 68.2 Å². The van der Waals surface area contributed by atoms with Crippen LogP contribution >= 0.6 is 0 Å². The fraction of sp³-hybridized carbons (Fsp3) is 1.00. The number of hydrogen-bond acceptors (Lipinski definition) is 0. The highest BCUT2D eigenvalue weighted by Crippen LogP contribution is 2.70. The van der Waals surface area contributed by atoms with E-state index in [0.29, 0.717) is 21.7 Å². The van der Waals surface area contributed by atoms with E-state index >= 15 is 0 Å². The number of hydrogen-bond donors (Lipinski definition) is 0. The summed E-state index contributed by atoms with van der Waals surface area (Å²) < 4.78 is 0. The third kappa shape index (κ3) is 1.12. The maximum Gasteiger partial charge on any atom is -0.0244 e. The Morgan fingerprint density at radius 2 is 1.21 bits per heavy atom. The molecule has 1 saturated carbocycles. The van der Waals surface area contributed by atoms with E-state index in [9.17, 15) is 0 Å². The molecule has 0 aromatic rings. The summed E-state index contributed by atoms with van der Waals surface area (Å²) in [4.78, 5) is 0. The van der Waals surface area contributed by atoms with Crippen molar-refractivity contribution in [1.29, 1.82) is 0 Å². The van der Waals surface area contributed by atoms with Gasteiger partial charge in [-0.2, -0.15) is 0 Å². The molecule has 0 amide bonds. The van der Waals surface area contributed by atoms with Crippen LogP contribution in [0.4, 0.5) is 0 Å². The van der Waals surface area contributed by atoms with Gasteiger partial charge in [0.1, 0.15) is 0 Å². The van der Waals surface area contributed by atoms with Gasteiger partial charge in [-0.3, -0.25) is 0 Å². The Labute approximate surface area is 90.5 Å². The minimum atomic E-state index is 0.421. The first kappa shape index (κ1) is 12.1. The Morgan fingerprint density at radius 1 is 0.786 bits per heavy atom. The predicted molar refractivity (Wildman–Crippen MR) is 64.4 cm³/mol. The van der Waals surface area contributed by atoms with Gasteiger partial charge in [0.15, 0.2) is 0 Å². The minimum absolute atomic E-state index is 0.421. The van der Waals surface area contributed by atoms with Gasteiger partial charge in [0.05, 0.1) is 0 Å². The summed E-state index contributed by atoms with van der Waals surface area (Å²) in [6.07, 6.45) is 2.66. The lowest BCUT2D eigenvalue weighted by atomic mass is 9.56. The lowest BCUT2D eigenvalue weighted by Crippen LogP contribution is -2.41. The van der Waals surface area contributed by atoms with Gasteiger partial charge < -0.3 is 0 Å². The van der Waals surface area contributed by atoms with Crippen molar-refractivity contribution in [3.05, 3.63) is 0 Å². The Balaban J connectivity index is 3.25. The minimum Gasteiger partial charge on any atom is -0.0648 e. The largest absolute Gasteiger partial charge is 0.0648 e. The molecule has 1 atom stereocenters. The molecule has 0 heteroatoms. The molecule has 0 bridgehead atoms. The van der Waals surface area contributed by atoms with E-state index in [-0.39, 0.29) is 0 Å². The van der Waals surface area contributed by atoms with Crippen molar-refractivity contribution < 1.29 is 0 Å². The first-order valence-corrected chi connectivity index (χ1v) is 6.02. The first-order valence-electron chi connectivity index (χ1n) is 6.02. The third-order valence-corrected chi connectivity index (χ3v) is 6.38. The van der Waals surface area contributed by atoms with Crippen molar-refractivity contribution in [3.63, 3.8) is 0 Å². The molecule has 0 saturated heterocycles. The molecular weight excluding hydrogens is 168 g/mol. The second-order valence-corrected chi connectivity index (χ2v) is 7.22. The molecule has 0 aliphatic heterocycles. The van der Waals surface area contributed by atoms with E-state index in [2.05, 4.69) is 55.4 Å². The summed E-state index contributed by atoms with van der Waals surface area (Å²) in [6, 6.07) is 0. The average Bonchev–Trinajstić information content (AvgIpc) is 2.09. The maximum atomic E-state index is 2.48. The summed E-state index contributed by atoms with van der Waals surface area (Å²) in [5.41, 5.74) is 1.81. The van der Waals surface area contributed by atoms with Gasteiger partial charge >= 0.3 is 0 Å². The summed E-state index contributed by atoms with van der Waals surface area (Å²) in [5, 5.41) is 0. The van der Waals surface area contributed by atoms with E-state index < -0.39 is 0 Å². The van der Waals surface area contributed by atoms with Crippen LogP contribution in [0.3, 0.4) is 0 Å². The van der Waals surface area contributed by atoms with Crippen molar-refractivity contribution in [2.75, 3.05) is 0 Å². The molecule has 0 nitrogen and oxygen atoms in total. The first-order chi connectivity index (χ1) is 6.02. The van der Waals surface area contributed by atoms with Gasteiger partial charge in [-0.1, -0.05) is 61.8 Å². The summed E-state index contributed by atoms with van der Waals surface area (Å²) in [6.45, 7) is 19.5. The molecule has 1 rings (SSSR count). The maximum absolute atomic E-state index is 2.48. The lowest BCUT2D eigenvalue weighted by molar-refractivity contribution is 0.00468. The molecule has 14 heavy (non-hydrogen) atoms. The van der Waals surface area contributed by atoms with Gasteiger partial charge in [-0.05, 0) is 28.1 Å². The van der Waals surface area contributed by atoms with Crippen LogP contribution in [0.25, 0.3) is 0 Å². The smallest absolute Gasteiger partial charge is 0.0244 e. The molecule has 84 valence electrons. The SMILES string of the molecule is CCC1(C)CC(C)(C)C(C)(C)C1(C)C. The van der Waals surface area contributed by atoms with Gasteiger partial charge in [0, 0.05) is 0 Å². The molecule has 0 radical (unpaired) electrons. The van der Waals surface area contributed by atoms with E-state index in [4.69, 9.17) is 0 Å². The highest BCUT2D eigenvalue weighted by Gasteiger charge is 2.63. The molecule has 1 unspecified atom stereocenters. The van der Waals surface area contributed by atoms with Crippen LogP contribution < -0.4 is 0 Å². The van der Waals surface area contributed by atoms with Gasteiger partial charge in [-0.25, -0.2) is 0 Å². The molecule has 0 aromatic carbocycles. The number of rotatable bonds is 1. The second kappa shape index (κ2) is 2.77. The normalized spacial score (nSPS) is 38.6. The van der Waals surface area contributed by atoms with Crippen molar-refractivity contribution >= 4 is 0 Å². The van der Waals surface area contributed by atoms with Gasteiger partial charge in [0.2, 0.25) is 0 Å². The molecule has 1 aliphatic rings. The van der Waals surface area contributed by atoms with Crippen LogP contribution in [-0.4, -0.2) is 0 Å². The Hall–Kier alpha value is 0. The molecule has 0 N–H and O–H groups in total. The molecular formula is C14H28. The van der Waals surface area contributed by atoms with Crippen LogP contribution in [0.15, 0.2) is 0 Å². The van der Waals surface area contributed by atoms with E-state index in [1.54, 1.807) is 0 Å². The average molecular weight is 196 g/mol. The molecule has 1 aliphatic carbocycles. The summed E-state index contributed by atoms with van der Waals surface area (Å²) in [7, 11) is 0. The molecule has 0 aromatic heterocycles. The molecule has 1 fully saturated rings. The summed E-state index contributed by atoms with van der Waals surface area (Å²) in [5.74, 6) is 0. The predicted octanol–water partition coefficient (Wildman–Crippen LogP) is 4.89. The zero-order valence-electron chi connectivity index (χ0n) is 11.4. The highest BCUT2D eigenvalue weighted by molar-refractivity contribution is 5.11. The van der Waals surface area contributed by atoms with Gasteiger partial charge in [0.25, 0.3) is 0 Å². The van der Waals surface area contributed by atoms with E-state index in [0.717, 1.165) is 0 Å². The topological polar surface area (TPSA) is 0 Å². The van der Waals surface area contributed by atoms with E-state index in [1.807, 2.05) is 0 Å². The zero-order valence-corrected chi connectivity index (χ0v) is 11.4. The zero-order chi connectivity index (χ0) is 11.4.